The maximum Gasteiger partial charge on any atom is 0.130 e. The molecule has 18 heavy (non-hydrogen) atoms. The molecule has 0 aliphatic heterocycles. The summed E-state index contributed by atoms with van der Waals surface area (Å²) in [4.78, 5) is 0. The maximum atomic E-state index is 5.95. The van der Waals surface area contributed by atoms with Gasteiger partial charge in [-0.3, -0.25) is 0 Å². The highest BCUT2D eigenvalue weighted by Crippen LogP contribution is 2.27. The Hall–Kier alpha value is -1.80. The van der Waals surface area contributed by atoms with E-state index < -0.39 is 0 Å². The molecule has 0 heterocycles. The molecule has 0 spiro atoms. The predicted molar refractivity (Wildman–Crippen MR) is 75.2 cm³/mol. The summed E-state index contributed by atoms with van der Waals surface area (Å²) in [6.45, 7) is 5.01. The zero-order valence-corrected chi connectivity index (χ0v) is 11.2. The molecule has 0 saturated carbocycles. The van der Waals surface area contributed by atoms with E-state index in [0.29, 0.717) is 0 Å². The highest BCUT2D eigenvalue weighted by Gasteiger charge is 2.04. The number of ether oxygens (including phenoxy) is 1. The second-order valence-corrected chi connectivity index (χ2v) is 4.50. The minimum Gasteiger partial charge on any atom is -0.457 e. The summed E-state index contributed by atoms with van der Waals surface area (Å²) in [6.07, 6.45) is 0. The van der Waals surface area contributed by atoms with Gasteiger partial charge < -0.3 is 10.1 Å². The van der Waals surface area contributed by atoms with Crippen molar-refractivity contribution in [2.45, 2.75) is 20.4 Å². The third kappa shape index (κ3) is 2.90. The molecule has 2 aromatic rings. The van der Waals surface area contributed by atoms with Crippen LogP contribution in [-0.2, 0) is 6.54 Å². The van der Waals surface area contributed by atoms with Gasteiger partial charge in [0.05, 0.1) is 0 Å². The van der Waals surface area contributed by atoms with Crippen molar-refractivity contribution in [3.63, 3.8) is 0 Å². The predicted octanol–water partition coefficient (Wildman–Crippen LogP) is 3.82. The van der Waals surface area contributed by atoms with E-state index in [1.54, 1.807) is 0 Å². The van der Waals surface area contributed by atoms with Crippen molar-refractivity contribution in [2.75, 3.05) is 7.05 Å². The summed E-state index contributed by atoms with van der Waals surface area (Å²) in [7, 11) is 1.95. The van der Waals surface area contributed by atoms with Gasteiger partial charge in [-0.15, -0.1) is 0 Å². The minimum absolute atomic E-state index is 0.880. The number of para-hydroxylation sites is 1. The normalized spacial score (nSPS) is 10.4. The Kier molecular flexibility index (Phi) is 4.00. The number of nitrogens with one attached hydrogen (secondary N) is 1. The Morgan fingerprint density at radius 2 is 1.67 bits per heavy atom. The summed E-state index contributed by atoms with van der Waals surface area (Å²) in [5, 5.41) is 3.15. The van der Waals surface area contributed by atoms with Crippen LogP contribution in [0.15, 0.2) is 42.5 Å². The molecule has 1 N–H and O–H groups in total. The first kappa shape index (κ1) is 12.7. The van der Waals surface area contributed by atoms with Crippen molar-refractivity contribution in [3.8, 4) is 11.5 Å². The molecule has 0 radical (unpaired) electrons. The van der Waals surface area contributed by atoms with Gasteiger partial charge in [0.15, 0.2) is 0 Å². The minimum atomic E-state index is 0.880. The van der Waals surface area contributed by atoms with Crippen LogP contribution >= 0.6 is 0 Å². The smallest absolute Gasteiger partial charge is 0.130 e. The van der Waals surface area contributed by atoms with Gasteiger partial charge in [-0.25, -0.2) is 0 Å². The van der Waals surface area contributed by atoms with E-state index >= 15 is 0 Å². The lowest BCUT2D eigenvalue weighted by atomic mass is 10.1. The Morgan fingerprint density at radius 1 is 0.944 bits per heavy atom. The van der Waals surface area contributed by atoms with E-state index in [4.69, 9.17) is 4.74 Å². The Bertz CT molecular complexity index is 534. The molecular formula is C16H19NO. The summed E-state index contributed by atoms with van der Waals surface area (Å²) >= 11 is 0. The molecule has 0 atom stereocenters. The molecule has 2 nitrogen and oxygen atoms in total. The molecule has 2 heteroatoms. The van der Waals surface area contributed by atoms with Gasteiger partial charge in [0.1, 0.15) is 11.5 Å². The zero-order valence-electron chi connectivity index (χ0n) is 11.2. The fourth-order valence-corrected chi connectivity index (χ4v) is 1.93. The number of rotatable bonds is 4. The van der Waals surface area contributed by atoms with E-state index in [9.17, 15) is 0 Å². The number of aryl methyl sites for hydroxylation is 2. The van der Waals surface area contributed by atoms with Crippen LogP contribution in [0, 0.1) is 13.8 Å². The van der Waals surface area contributed by atoms with Gasteiger partial charge in [-0.2, -0.15) is 0 Å². The first-order valence-electron chi connectivity index (χ1n) is 6.18. The van der Waals surface area contributed by atoms with Crippen molar-refractivity contribution < 1.29 is 4.74 Å². The molecule has 2 rings (SSSR count). The van der Waals surface area contributed by atoms with Gasteiger partial charge >= 0.3 is 0 Å². The van der Waals surface area contributed by atoms with Crippen molar-refractivity contribution in [2.24, 2.45) is 0 Å². The van der Waals surface area contributed by atoms with Crippen LogP contribution in [0.2, 0.25) is 0 Å². The largest absolute Gasteiger partial charge is 0.457 e. The average molecular weight is 241 g/mol. The summed E-state index contributed by atoms with van der Waals surface area (Å²) in [6, 6.07) is 14.4. The van der Waals surface area contributed by atoms with Gasteiger partial charge in [0, 0.05) is 6.54 Å². The molecule has 0 amide bonds. The van der Waals surface area contributed by atoms with Gasteiger partial charge in [0.25, 0.3) is 0 Å². The quantitative estimate of drug-likeness (QED) is 0.878. The van der Waals surface area contributed by atoms with Crippen LogP contribution < -0.4 is 10.1 Å². The molecule has 0 aliphatic rings. The molecule has 0 saturated heterocycles. The van der Waals surface area contributed by atoms with E-state index in [-0.39, 0.29) is 0 Å². The Labute approximate surface area is 109 Å². The van der Waals surface area contributed by atoms with Gasteiger partial charge in [-0.05, 0) is 49.7 Å². The van der Waals surface area contributed by atoms with Crippen LogP contribution in [0.1, 0.15) is 16.7 Å². The van der Waals surface area contributed by atoms with Crippen molar-refractivity contribution in [1.82, 2.24) is 5.32 Å². The van der Waals surface area contributed by atoms with Gasteiger partial charge in [0.2, 0.25) is 0 Å². The Balaban J connectivity index is 2.22. The molecule has 2 aromatic carbocycles. The molecule has 94 valence electrons. The third-order valence-corrected chi connectivity index (χ3v) is 2.93. The molecule has 0 unspecified atom stereocenters. The van der Waals surface area contributed by atoms with E-state index in [1.165, 1.54) is 5.56 Å². The van der Waals surface area contributed by atoms with Crippen molar-refractivity contribution in [3.05, 3.63) is 59.2 Å². The lowest BCUT2D eigenvalue weighted by Gasteiger charge is -2.12. The SMILES string of the molecule is CNCc1ccc(Oc2ccccc2C)c(C)c1. The van der Waals surface area contributed by atoms with E-state index in [0.717, 1.165) is 29.2 Å². The van der Waals surface area contributed by atoms with Crippen LogP contribution in [0.3, 0.4) is 0 Å². The second-order valence-electron chi connectivity index (χ2n) is 4.50. The van der Waals surface area contributed by atoms with Crippen LogP contribution in [0.4, 0.5) is 0 Å². The molecule has 0 aliphatic carbocycles. The number of hydrogen-bond acceptors (Lipinski definition) is 2. The zero-order chi connectivity index (χ0) is 13.0. The van der Waals surface area contributed by atoms with Crippen LogP contribution in [0.25, 0.3) is 0 Å². The first-order chi connectivity index (χ1) is 8.70. The monoisotopic (exact) mass is 241 g/mol. The molecule has 0 bridgehead atoms. The third-order valence-electron chi connectivity index (χ3n) is 2.93. The molecular weight excluding hydrogens is 222 g/mol. The number of benzene rings is 2. The second kappa shape index (κ2) is 5.69. The standard InChI is InChI=1S/C16H19NO/c1-12-6-4-5-7-15(12)18-16-9-8-14(11-17-3)10-13(16)2/h4-10,17H,11H2,1-3H3. The van der Waals surface area contributed by atoms with E-state index in [2.05, 4.69) is 37.4 Å². The van der Waals surface area contributed by atoms with Crippen molar-refractivity contribution >= 4 is 0 Å². The van der Waals surface area contributed by atoms with E-state index in [1.807, 2.05) is 31.3 Å². The van der Waals surface area contributed by atoms with Crippen LogP contribution in [-0.4, -0.2) is 7.05 Å². The fraction of sp³-hybridized carbons (Fsp3) is 0.250. The highest BCUT2D eigenvalue weighted by atomic mass is 16.5. The lowest BCUT2D eigenvalue weighted by Crippen LogP contribution is -2.05. The first-order valence-corrected chi connectivity index (χ1v) is 6.18. The maximum absolute atomic E-state index is 5.95. The van der Waals surface area contributed by atoms with Crippen molar-refractivity contribution in [1.29, 1.82) is 0 Å². The lowest BCUT2D eigenvalue weighted by molar-refractivity contribution is 0.475. The number of hydrogen-bond donors (Lipinski definition) is 1. The van der Waals surface area contributed by atoms with Gasteiger partial charge in [-0.1, -0.05) is 30.3 Å². The topological polar surface area (TPSA) is 21.3 Å². The summed E-state index contributed by atoms with van der Waals surface area (Å²) < 4.78 is 5.95. The Morgan fingerprint density at radius 3 is 2.33 bits per heavy atom. The molecule has 0 aromatic heterocycles. The fourth-order valence-electron chi connectivity index (χ4n) is 1.93. The highest BCUT2D eigenvalue weighted by molar-refractivity contribution is 5.42. The molecule has 0 fully saturated rings. The average Bonchev–Trinajstić information content (AvgIpc) is 2.35. The summed E-state index contributed by atoms with van der Waals surface area (Å²) in [5.41, 5.74) is 3.58. The summed E-state index contributed by atoms with van der Waals surface area (Å²) in [5.74, 6) is 1.84. The van der Waals surface area contributed by atoms with Crippen LogP contribution in [0.5, 0.6) is 11.5 Å².